The zero-order valence-corrected chi connectivity index (χ0v) is 23.6. The summed E-state index contributed by atoms with van der Waals surface area (Å²) >= 11 is 5.76. The van der Waals surface area contributed by atoms with Gasteiger partial charge in [0.25, 0.3) is 0 Å². The minimum absolute atomic E-state index is 0.122. The lowest BCUT2D eigenvalue weighted by Gasteiger charge is -2.26. The number of aromatic nitrogens is 1. The summed E-state index contributed by atoms with van der Waals surface area (Å²) in [5, 5.41) is 18.3. The quantitative estimate of drug-likeness (QED) is 0.180. The van der Waals surface area contributed by atoms with Crippen molar-refractivity contribution in [2.45, 2.75) is 25.4 Å². The molecule has 1 amide bonds. The highest BCUT2D eigenvalue weighted by molar-refractivity contribution is 7.80. The van der Waals surface area contributed by atoms with Crippen LogP contribution in [0.1, 0.15) is 45.9 Å². The van der Waals surface area contributed by atoms with Crippen molar-refractivity contribution in [2.75, 3.05) is 11.9 Å². The van der Waals surface area contributed by atoms with Crippen LogP contribution in [0.5, 0.6) is 0 Å². The van der Waals surface area contributed by atoms with Crippen LogP contribution in [0, 0.1) is 6.92 Å². The van der Waals surface area contributed by atoms with E-state index in [1.807, 2.05) is 84.6 Å². The Balaban J connectivity index is 1.26. The van der Waals surface area contributed by atoms with Gasteiger partial charge in [-0.3, -0.25) is 9.78 Å². The molecule has 5 aromatic rings. The molecule has 1 saturated heterocycles. The molecule has 42 heavy (non-hydrogen) atoms. The van der Waals surface area contributed by atoms with Crippen molar-refractivity contribution in [1.82, 2.24) is 15.2 Å². The molecule has 6 rings (SSSR count). The molecule has 2 atom stereocenters. The van der Waals surface area contributed by atoms with Crippen LogP contribution in [0.3, 0.4) is 0 Å². The van der Waals surface area contributed by atoms with Crippen LogP contribution in [-0.2, 0) is 4.79 Å². The number of carbonyl (C=O) groups is 2. The number of benzene rings is 3. The third-order valence-electron chi connectivity index (χ3n) is 7.50. The molecule has 1 aliphatic heterocycles. The standard InChI is InChI=1S/C33H28N4O4S/c1-20-19-22(32(39)40)12-13-23(20)27-14-15-28(41-27)31-30(26-10-4-5-17-34-26)36-33(42)37(31)18-16-29(38)35-25-11-6-8-21-7-2-3-9-24(21)25/h2-15,17,19,30-31H,16,18H2,1H3,(H,35,38)(H,36,42)(H,39,40)/t30-,31-/m0/s1. The molecular weight excluding hydrogens is 548 g/mol. The van der Waals surface area contributed by atoms with Gasteiger partial charge in [0, 0.05) is 35.8 Å². The van der Waals surface area contributed by atoms with Gasteiger partial charge in [0.1, 0.15) is 17.6 Å². The Morgan fingerprint density at radius 1 is 1.02 bits per heavy atom. The molecule has 2 aromatic heterocycles. The topological polar surface area (TPSA) is 108 Å². The molecule has 3 N–H and O–H groups in total. The highest BCUT2D eigenvalue weighted by Gasteiger charge is 2.41. The number of thiocarbonyl (C=S) groups is 1. The highest BCUT2D eigenvalue weighted by atomic mass is 32.1. The second-order valence-electron chi connectivity index (χ2n) is 10.2. The zero-order valence-electron chi connectivity index (χ0n) is 22.8. The number of furan rings is 1. The summed E-state index contributed by atoms with van der Waals surface area (Å²) in [6.45, 7) is 2.21. The van der Waals surface area contributed by atoms with E-state index in [0.717, 1.165) is 33.3 Å². The first-order chi connectivity index (χ1) is 20.4. The summed E-state index contributed by atoms with van der Waals surface area (Å²) in [5.74, 6) is 0.173. The maximum Gasteiger partial charge on any atom is 0.335 e. The third kappa shape index (κ3) is 5.34. The van der Waals surface area contributed by atoms with Gasteiger partial charge in [-0.05, 0) is 72.6 Å². The van der Waals surface area contributed by atoms with Gasteiger partial charge in [-0.2, -0.15) is 0 Å². The molecular formula is C33H28N4O4S. The average Bonchev–Trinajstić information content (AvgIpc) is 3.61. The van der Waals surface area contributed by atoms with Gasteiger partial charge in [0.15, 0.2) is 5.11 Å². The van der Waals surface area contributed by atoms with Crippen molar-refractivity contribution < 1.29 is 19.1 Å². The number of pyridine rings is 1. The van der Waals surface area contributed by atoms with Crippen LogP contribution in [0.4, 0.5) is 5.69 Å². The SMILES string of the molecule is Cc1cc(C(=O)O)ccc1-c1ccc([C@H]2[C@H](c3ccccn3)NC(=S)N2CCC(=O)Nc2cccc3ccccc23)o1. The van der Waals surface area contributed by atoms with E-state index in [9.17, 15) is 14.7 Å². The van der Waals surface area contributed by atoms with E-state index in [1.54, 1.807) is 24.4 Å². The number of nitrogens with zero attached hydrogens (tertiary/aromatic N) is 2. The Morgan fingerprint density at radius 2 is 1.83 bits per heavy atom. The second kappa shape index (κ2) is 11.5. The Morgan fingerprint density at radius 3 is 2.62 bits per heavy atom. The fraction of sp³-hybridized carbons (Fsp3) is 0.152. The summed E-state index contributed by atoms with van der Waals surface area (Å²) in [4.78, 5) is 31.1. The minimum atomic E-state index is -0.978. The van der Waals surface area contributed by atoms with Gasteiger partial charge in [-0.1, -0.05) is 48.5 Å². The summed E-state index contributed by atoms with van der Waals surface area (Å²) in [7, 11) is 0. The Kier molecular flexibility index (Phi) is 7.41. The van der Waals surface area contributed by atoms with E-state index in [2.05, 4.69) is 15.6 Å². The largest absolute Gasteiger partial charge is 0.478 e. The summed E-state index contributed by atoms with van der Waals surface area (Å²) in [6, 6.07) is 27.6. The fourth-order valence-electron chi connectivity index (χ4n) is 5.45. The Labute approximate surface area is 248 Å². The first-order valence-electron chi connectivity index (χ1n) is 13.6. The van der Waals surface area contributed by atoms with Crippen molar-refractivity contribution >= 4 is 45.7 Å². The number of fused-ring (bicyclic) bond motifs is 1. The predicted octanol–water partition coefficient (Wildman–Crippen LogP) is 6.50. The molecule has 3 aromatic carbocycles. The van der Waals surface area contributed by atoms with E-state index >= 15 is 0 Å². The van der Waals surface area contributed by atoms with Crippen LogP contribution in [0.25, 0.3) is 22.1 Å². The van der Waals surface area contributed by atoms with Gasteiger partial charge in [0.2, 0.25) is 5.91 Å². The highest BCUT2D eigenvalue weighted by Crippen LogP contribution is 2.41. The molecule has 0 unspecified atom stereocenters. The van der Waals surface area contributed by atoms with Crippen molar-refractivity contribution in [1.29, 1.82) is 0 Å². The van der Waals surface area contributed by atoms with Gasteiger partial charge >= 0.3 is 5.97 Å². The molecule has 9 heteroatoms. The molecule has 1 fully saturated rings. The van der Waals surface area contributed by atoms with Crippen LogP contribution in [0.15, 0.2) is 102 Å². The predicted molar refractivity (Wildman–Crippen MR) is 165 cm³/mol. The maximum absolute atomic E-state index is 13.1. The number of carboxylic acids is 1. The normalized spacial score (nSPS) is 16.4. The molecule has 0 bridgehead atoms. The van der Waals surface area contributed by atoms with Crippen molar-refractivity contribution in [3.8, 4) is 11.3 Å². The van der Waals surface area contributed by atoms with Gasteiger partial charge in [0.05, 0.1) is 17.3 Å². The lowest BCUT2D eigenvalue weighted by Crippen LogP contribution is -2.32. The molecule has 0 aliphatic carbocycles. The second-order valence-corrected chi connectivity index (χ2v) is 10.6. The monoisotopic (exact) mass is 576 g/mol. The molecule has 1 aliphatic rings. The van der Waals surface area contributed by atoms with Gasteiger partial charge in [-0.15, -0.1) is 0 Å². The third-order valence-corrected chi connectivity index (χ3v) is 7.85. The number of rotatable bonds is 8. The Bertz CT molecular complexity index is 1800. The first-order valence-corrected chi connectivity index (χ1v) is 14.0. The summed E-state index contributed by atoms with van der Waals surface area (Å²) in [5.41, 5.74) is 3.38. The zero-order chi connectivity index (χ0) is 29.2. The van der Waals surface area contributed by atoms with Crippen LogP contribution in [-0.4, -0.2) is 38.5 Å². The summed E-state index contributed by atoms with van der Waals surface area (Å²) in [6.07, 6.45) is 1.94. The smallest absolute Gasteiger partial charge is 0.335 e. The van der Waals surface area contributed by atoms with E-state index in [4.69, 9.17) is 16.6 Å². The lowest BCUT2D eigenvalue weighted by molar-refractivity contribution is -0.116. The molecule has 8 nitrogen and oxygen atoms in total. The van der Waals surface area contributed by atoms with Crippen molar-refractivity contribution in [2.24, 2.45) is 0 Å². The first kappa shape index (κ1) is 27.2. The number of anilines is 1. The maximum atomic E-state index is 13.1. The number of aryl methyl sites for hydroxylation is 1. The number of hydrogen-bond acceptors (Lipinski definition) is 5. The number of nitrogens with one attached hydrogen (secondary N) is 2. The molecule has 0 spiro atoms. The molecule has 0 radical (unpaired) electrons. The lowest BCUT2D eigenvalue weighted by atomic mass is 10.0. The number of aromatic carboxylic acids is 1. The van der Waals surface area contributed by atoms with Crippen molar-refractivity contribution in [3.05, 3.63) is 120 Å². The molecule has 210 valence electrons. The van der Waals surface area contributed by atoms with Gasteiger partial charge in [-0.25, -0.2) is 4.79 Å². The molecule has 3 heterocycles. The summed E-state index contributed by atoms with van der Waals surface area (Å²) < 4.78 is 6.40. The minimum Gasteiger partial charge on any atom is -0.478 e. The van der Waals surface area contributed by atoms with Crippen LogP contribution < -0.4 is 10.6 Å². The number of hydrogen-bond donors (Lipinski definition) is 3. The number of carbonyl (C=O) groups excluding carboxylic acids is 1. The number of carboxylic acid groups (broad SMARTS) is 1. The van der Waals surface area contributed by atoms with E-state index in [1.165, 1.54) is 0 Å². The van der Waals surface area contributed by atoms with Crippen LogP contribution >= 0.6 is 12.2 Å². The van der Waals surface area contributed by atoms with E-state index in [0.29, 0.717) is 23.2 Å². The van der Waals surface area contributed by atoms with E-state index in [-0.39, 0.29) is 30.0 Å². The molecule has 0 saturated carbocycles. The fourth-order valence-corrected chi connectivity index (χ4v) is 5.79. The Hall–Kier alpha value is -5.02. The average molecular weight is 577 g/mol. The van der Waals surface area contributed by atoms with E-state index < -0.39 is 5.97 Å². The van der Waals surface area contributed by atoms with Crippen molar-refractivity contribution in [3.63, 3.8) is 0 Å². The van der Waals surface area contributed by atoms with Gasteiger partial charge < -0.3 is 25.1 Å². The number of amides is 1. The van der Waals surface area contributed by atoms with Crippen LogP contribution in [0.2, 0.25) is 0 Å².